The van der Waals surface area contributed by atoms with E-state index in [1.807, 2.05) is 21.8 Å². The van der Waals surface area contributed by atoms with Crippen LogP contribution in [0.2, 0.25) is 0 Å². The second-order valence-corrected chi connectivity index (χ2v) is 7.31. The summed E-state index contributed by atoms with van der Waals surface area (Å²) < 4.78 is 1.87. The van der Waals surface area contributed by atoms with Crippen LogP contribution < -0.4 is 5.32 Å². The lowest BCUT2D eigenvalue weighted by Crippen LogP contribution is -2.47. The number of allylic oxidation sites excluding steroid dienone is 1. The Morgan fingerprint density at radius 1 is 1.32 bits per heavy atom. The highest BCUT2D eigenvalue weighted by atomic mass is 16.2. The van der Waals surface area contributed by atoms with Crippen LogP contribution in [0.1, 0.15) is 57.7 Å². The van der Waals surface area contributed by atoms with Crippen LogP contribution in [0.5, 0.6) is 0 Å². The van der Waals surface area contributed by atoms with Gasteiger partial charge in [-0.1, -0.05) is 6.08 Å². The first-order chi connectivity index (χ1) is 12.0. The minimum absolute atomic E-state index is 0.0114. The quantitative estimate of drug-likeness (QED) is 0.891. The molecule has 1 fully saturated rings. The topological polar surface area (TPSA) is 67.2 Å². The predicted octanol–water partition coefficient (Wildman–Crippen LogP) is 2.22. The molecular weight excluding hydrogens is 316 g/mol. The summed E-state index contributed by atoms with van der Waals surface area (Å²) in [6, 6.07) is 2.35. The average molecular weight is 344 g/mol. The van der Waals surface area contributed by atoms with Crippen LogP contribution in [0.4, 0.5) is 0 Å². The zero-order chi connectivity index (χ0) is 17.8. The number of likely N-dealkylation sites (tertiary alicyclic amines) is 1. The largest absolute Gasteiger partial charge is 0.353 e. The van der Waals surface area contributed by atoms with Crippen LogP contribution in [0.25, 0.3) is 0 Å². The minimum atomic E-state index is 0.0114. The fourth-order valence-corrected chi connectivity index (χ4v) is 3.50. The molecule has 0 saturated carbocycles. The maximum absolute atomic E-state index is 12.4. The number of aromatic nitrogens is 2. The molecule has 1 aromatic rings. The summed E-state index contributed by atoms with van der Waals surface area (Å²) in [6.45, 7) is 5.58. The van der Waals surface area contributed by atoms with Crippen LogP contribution in [-0.4, -0.2) is 45.6 Å². The lowest BCUT2D eigenvalue weighted by Gasteiger charge is -2.32. The molecule has 0 aromatic carbocycles. The van der Waals surface area contributed by atoms with E-state index in [0.717, 1.165) is 56.5 Å². The molecule has 6 nitrogen and oxygen atoms in total. The van der Waals surface area contributed by atoms with Gasteiger partial charge in [0.2, 0.25) is 11.8 Å². The second kappa shape index (κ2) is 7.85. The molecule has 0 radical (unpaired) electrons. The third-order valence-corrected chi connectivity index (χ3v) is 5.00. The zero-order valence-electron chi connectivity index (χ0n) is 15.2. The highest BCUT2D eigenvalue weighted by Gasteiger charge is 2.26. The van der Waals surface area contributed by atoms with E-state index in [0.29, 0.717) is 12.5 Å². The van der Waals surface area contributed by atoms with E-state index in [4.69, 9.17) is 0 Å². The van der Waals surface area contributed by atoms with E-state index in [1.54, 1.807) is 0 Å². The van der Waals surface area contributed by atoms with Crippen LogP contribution in [0.15, 0.2) is 23.9 Å². The Balaban J connectivity index is 1.43. The summed E-state index contributed by atoms with van der Waals surface area (Å²) in [7, 11) is 0. The molecule has 2 amide bonds. The molecule has 0 bridgehead atoms. The Hall–Kier alpha value is -2.11. The van der Waals surface area contributed by atoms with Crippen molar-refractivity contribution in [2.45, 2.75) is 64.5 Å². The van der Waals surface area contributed by atoms with Crippen molar-refractivity contribution >= 4 is 11.8 Å². The normalized spacial score (nSPS) is 18.5. The molecule has 1 saturated heterocycles. The van der Waals surface area contributed by atoms with E-state index in [9.17, 15) is 9.59 Å². The SMILES string of the molecule is CC(C)n1ccc(CC(=O)NC2CCN(C(=O)C3=CCCC3)CC2)n1. The molecule has 1 aromatic heterocycles. The lowest BCUT2D eigenvalue weighted by molar-refractivity contribution is -0.128. The molecule has 2 aliphatic rings. The second-order valence-electron chi connectivity index (χ2n) is 7.31. The summed E-state index contributed by atoms with van der Waals surface area (Å²) in [4.78, 5) is 26.6. The van der Waals surface area contributed by atoms with Crippen molar-refractivity contribution in [2.75, 3.05) is 13.1 Å². The maximum atomic E-state index is 12.4. The van der Waals surface area contributed by atoms with Crippen LogP contribution >= 0.6 is 0 Å². The molecule has 2 heterocycles. The van der Waals surface area contributed by atoms with Crippen molar-refractivity contribution in [1.82, 2.24) is 20.0 Å². The van der Waals surface area contributed by atoms with Gasteiger partial charge in [-0.3, -0.25) is 14.3 Å². The molecule has 1 N–H and O–H groups in total. The monoisotopic (exact) mass is 344 g/mol. The summed E-state index contributed by atoms with van der Waals surface area (Å²) in [6.07, 6.45) is 8.99. The Labute approximate surface area is 149 Å². The van der Waals surface area contributed by atoms with Gasteiger partial charge < -0.3 is 10.2 Å². The Morgan fingerprint density at radius 2 is 2.08 bits per heavy atom. The van der Waals surface area contributed by atoms with E-state index < -0.39 is 0 Å². The molecule has 6 heteroatoms. The number of carbonyl (C=O) groups excluding carboxylic acids is 2. The highest BCUT2D eigenvalue weighted by Crippen LogP contribution is 2.22. The predicted molar refractivity (Wildman–Crippen MR) is 96.0 cm³/mol. The number of carbonyl (C=O) groups is 2. The molecule has 0 unspecified atom stereocenters. The smallest absolute Gasteiger partial charge is 0.249 e. The molecule has 1 aliphatic heterocycles. The van der Waals surface area contributed by atoms with Gasteiger partial charge in [0, 0.05) is 36.9 Å². The number of amides is 2. The number of hydrogen-bond acceptors (Lipinski definition) is 3. The summed E-state index contributed by atoms with van der Waals surface area (Å²) in [5, 5.41) is 7.51. The van der Waals surface area contributed by atoms with Gasteiger partial charge in [0.1, 0.15) is 0 Å². The van der Waals surface area contributed by atoms with E-state index in [1.165, 1.54) is 0 Å². The van der Waals surface area contributed by atoms with Gasteiger partial charge >= 0.3 is 0 Å². The van der Waals surface area contributed by atoms with Gasteiger partial charge in [-0.15, -0.1) is 0 Å². The van der Waals surface area contributed by atoms with Gasteiger partial charge in [-0.25, -0.2) is 0 Å². The van der Waals surface area contributed by atoms with Crippen LogP contribution in [0.3, 0.4) is 0 Å². The molecule has 1 aliphatic carbocycles. The minimum Gasteiger partial charge on any atom is -0.353 e. The fourth-order valence-electron chi connectivity index (χ4n) is 3.50. The average Bonchev–Trinajstić information content (AvgIpc) is 3.26. The number of rotatable bonds is 5. The summed E-state index contributed by atoms with van der Waals surface area (Å²) in [5.41, 5.74) is 1.77. The number of nitrogens with zero attached hydrogens (tertiary/aromatic N) is 3. The van der Waals surface area contributed by atoms with E-state index >= 15 is 0 Å². The first-order valence-corrected chi connectivity index (χ1v) is 9.34. The Bertz CT molecular complexity index is 654. The summed E-state index contributed by atoms with van der Waals surface area (Å²) in [5.74, 6) is 0.207. The van der Waals surface area contributed by atoms with Crippen LogP contribution in [-0.2, 0) is 16.0 Å². The number of hydrogen-bond donors (Lipinski definition) is 1. The van der Waals surface area contributed by atoms with Gasteiger partial charge in [-0.2, -0.15) is 5.10 Å². The Morgan fingerprint density at radius 3 is 2.68 bits per heavy atom. The van der Waals surface area contributed by atoms with Gasteiger partial charge in [-0.05, 0) is 52.0 Å². The van der Waals surface area contributed by atoms with Crippen molar-refractivity contribution in [1.29, 1.82) is 0 Å². The molecule has 0 atom stereocenters. The van der Waals surface area contributed by atoms with Gasteiger partial charge in [0.15, 0.2) is 0 Å². The van der Waals surface area contributed by atoms with E-state index in [-0.39, 0.29) is 17.9 Å². The van der Waals surface area contributed by atoms with Crippen molar-refractivity contribution in [3.05, 3.63) is 29.6 Å². The zero-order valence-corrected chi connectivity index (χ0v) is 15.2. The summed E-state index contributed by atoms with van der Waals surface area (Å²) >= 11 is 0. The first kappa shape index (κ1) is 17.7. The third kappa shape index (κ3) is 4.50. The first-order valence-electron chi connectivity index (χ1n) is 9.34. The highest BCUT2D eigenvalue weighted by molar-refractivity contribution is 5.93. The molecular formula is C19H28N4O2. The lowest BCUT2D eigenvalue weighted by atomic mass is 10.0. The van der Waals surface area contributed by atoms with Gasteiger partial charge in [0.05, 0.1) is 12.1 Å². The Kier molecular flexibility index (Phi) is 5.56. The molecule has 0 spiro atoms. The van der Waals surface area contributed by atoms with Crippen molar-refractivity contribution in [3.8, 4) is 0 Å². The number of nitrogens with one attached hydrogen (secondary N) is 1. The molecule has 3 rings (SSSR count). The van der Waals surface area contributed by atoms with E-state index in [2.05, 4.69) is 30.3 Å². The number of piperidine rings is 1. The third-order valence-electron chi connectivity index (χ3n) is 5.00. The van der Waals surface area contributed by atoms with Crippen molar-refractivity contribution in [3.63, 3.8) is 0 Å². The fraction of sp³-hybridized carbons (Fsp3) is 0.632. The van der Waals surface area contributed by atoms with Crippen molar-refractivity contribution < 1.29 is 9.59 Å². The molecule has 136 valence electrons. The standard InChI is InChI=1S/C19H28N4O2/c1-14(2)23-12-9-17(21-23)13-18(24)20-16-7-10-22(11-8-16)19(25)15-5-3-4-6-15/h5,9,12,14,16H,3-4,6-8,10-11,13H2,1-2H3,(H,20,24). The molecule has 25 heavy (non-hydrogen) atoms. The van der Waals surface area contributed by atoms with Crippen molar-refractivity contribution in [2.24, 2.45) is 0 Å². The maximum Gasteiger partial charge on any atom is 0.249 e. The van der Waals surface area contributed by atoms with Crippen LogP contribution in [0, 0.1) is 0 Å². The van der Waals surface area contributed by atoms with Gasteiger partial charge in [0.25, 0.3) is 0 Å².